The standard InChI is InChI=1S/C17H22N2O3/c1-18(13-7-3-2-4-8-13)16(20)11-12-19-14-9-5-6-10-15(14)22-17(19)21/h5-6,9-10,13H,2-4,7-8,11-12H2,1H3. The van der Waals surface area contributed by atoms with E-state index in [1.807, 2.05) is 30.1 Å². The van der Waals surface area contributed by atoms with Gasteiger partial charge in [0.1, 0.15) is 0 Å². The number of nitrogens with zero attached hydrogens (tertiary/aromatic N) is 2. The molecule has 1 aliphatic rings. The topological polar surface area (TPSA) is 55.5 Å². The van der Waals surface area contributed by atoms with Crippen molar-refractivity contribution in [2.24, 2.45) is 0 Å². The molecule has 22 heavy (non-hydrogen) atoms. The molecule has 118 valence electrons. The molecule has 1 fully saturated rings. The normalized spacial score (nSPS) is 16.0. The quantitative estimate of drug-likeness (QED) is 0.872. The molecule has 1 amide bonds. The lowest BCUT2D eigenvalue weighted by atomic mass is 9.94. The summed E-state index contributed by atoms with van der Waals surface area (Å²) < 4.78 is 6.73. The Morgan fingerprint density at radius 3 is 2.77 bits per heavy atom. The van der Waals surface area contributed by atoms with Gasteiger partial charge < -0.3 is 9.32 Å². The van der Waals surface area contributed by atoms with E-state index in [4.69, 9.17) is 4.42 Å². The van der Waals surface area contributed by atoms with Crippen molar-refractivity contribution in [3.63, 3.8) is 0 Å². The first-order valence-electron chi connectivity index (χ1n) is 8.01. The van der Waals surface area contributed by atoms with E-state index in [1.54, 1.807) is 10.6 Å². The number of hydrogen-bond acceptors (Lipinski definition) is 3. The number of aromatic nitrogens is 1. The van der Waals surface area contributed by atoms with Crippen molar-refractivity contribution in [2.45, 2.75) is 51.1 Å². The Labute approximate surface area is 129 Å². The van der Waals surface area contributed by atoms with Crippen LogP contribution in [0.2, 0.25) is 0 Å². The molecule has 0 N–H and O–H groups in total. The average Bonchev–Trinajstić information content (AvgIpc) is 2.88. The van der Waals surface area contributed by atoms with Crippen molar-refractivity contribution in [1.29, 1.82) is 0 Å². The summed E-state index contributed by atoms with van der Waals surface area (Å²) in [6.45, 7) is 0.367. The van der Waals surface area contributed by atoms with Gasteiger partial charge in [-0.3, -0.25) is 9.36 Å². The fraction of sp³-hybridized carbons (Fsp3) is 0.529. The predicted octanol–water partition coefficient (Wildman–Crippen LogP) is 2.78. The van der Waals surface area contributed by atoms with Crippen molar-refractivity contribution < 1.29 is 9.21 Å². The van der Waals surface area contributed by atoms with E-state index >= 15 is 0 Å². The second kappa shape index (κ2) is 6.38. The Hall–Kier alpha value is -2.04. The smallest absolute Gasteiger partial charge is 0.408 e. The molecule has 2 aromatic rings. The number of aryl methyl sites for hydroxylation is 1. The lowest BCUT2D eigenvalue weighted by Gasteiger charge is -2.31. The zero-order valence-corrected chi connectivity index (χ0v) is 13.0. The molecule has 0 saturated heterocycles. The van der Waals surface area contributed by atoms with Gasteiger partial charge in [-0.1, -0.05) is 31.4 Å². The summed E-state index contributed by atoms with van der Waals surface area (Å²) in [4.78, 5) is 26.1. The lowest BCUT2D eigenvalue weighted by Crippen LogP contribution is -2.38. The number of amides is 1. The highest BCUT2D eigenvalue weighted by Gasteiger charge is 2.22. The lowest BCUT2D eigenvalue weighted by molar-refractivity contribution is -0.132. The van der Waals surface area contributed by atoms with Crippen LogP contribution in [0.1, 0.15) is 38.5 Å². The highest BCUT2D eigenvalue weighted by molar-refractivity contribution is 5.77. The van der Waals surface area contributed by atoms with Crippen LogP contribution in [-0.4, -0.2) is 28.5 Å². The van der Waals surface area contributed by atoms with Crippen LogP contribution in [0.3, 0.4) is 0 Å². The zero-order chi connectivity index (χ0) is 15.5. The van der Waals surface area contributed by atoms with Crippen LogP contribution in [0.4, 0.5) is 0 Å². The van der Waals surface area contributed by atoms with Crippen molar-refractivity contribution >= 4 is 17.0 Å². The third-order valence-corrected chi connectivity index (χ3v) is 4.64. The van der Waals surface area contributed by atoms with Gasteiger partial charge >= 0.3 is 5.76 Å². The summed E-state index contributed by atoms with van der Waals surface area (Å²) in [5.41, 5.74) is 1.32. The summed E-state index contributed by atoms with van der Waals surface area (Å²) >= 11 is 0. The minimum absolute atomic E-state index is 0.101. The Bertz CT molecular complexity index is 710. The number of hydrogen-bond donors (Lipinski definition) is 0. The summed E-state index contributed by atoms with van der Waals surface area (Å²) in [7, 11) is 1.88. The van der Waals surface area contributed by atoms with Crippen molar-refractivity contribution in [1.82, 2.24) is 9.47 Å². The third-order valence-electron chi connectivity index (χ3n) is 4.64. The van der Waals surface area contributed by atoms with Crippen LogP contribution in [-0.2, 0) is 11.3 Å². The van der Waals surface area contributed by atoms with E-state index in [2.05, 4.69) is 0 Å². The number of benzene rings is 1. The molecule has 0 spiro atoms. The number of para-hydroxylation sites is 2. The number of carbonyl (C=O) groups is 1. The first kappa shape index (κ1) is 14.9. The molecular weight excluding hydrogens is 280 g/mol. The maximum atomic E-state index is 12.4. The van der Waals surface area contributed by atoms with Crippen LogP contribution in [0.15, 0.2) is 33.5 Å². The second-order valence-electron chi connectivity index (χ2n) is 6.03. The van der Waals surface area contributed by atoms with Crippen molar-refractivity contribution in [3.8, 4) is 0 Å². The first-order chi connectivity index (χ1) is 10.7. The Morgan fingerprint density at radius 1 is 1.27 bits per heavy atom. The zero-order valence-electron chi connectivity index (χ0n) is 13.0. The van der Waals surface area contributed by atoms with Gasteiger partial charge in [-0.2, -0.15) is 0 Å². The molecule has 1 heterocycles. The number of rotatable bonds is 4. The Kier molecular flexibility index (Phi) is 4.32. The number of fused-ring (bicyclic) bond motifs is 1. The average molecular weight is 302 g/mol. The second-order valence-corrected chi connectivity index (χ2v) is 6.03. The molecule has 0 radical (unpaired) electrons. The molecule has 0 aliphatic heterocycles. The van der Waals surface area contributed by atoms with Crippen LogP contribution in [0.5, 0.6) is 0 Å². The largest absolute Gasteiger partial charge is 0.419 e. The molecule has 0 bridgehead atoms. The van der Waals surface area contributed by atoms with Gasteiger partial charge in [-0.15, -0.1) is 0 Å². The van der Waals surface area contributed by atoms with Gasteiger partial charge in [0.05, 0.1) is 5.52 Å². The predicted molar refractivity (Wildman–Crippen MR) is 84.7 cm³/mol. The third kappa shape index (κ3) is 2.93. The van der Waals surface area contributed by atoms with E-state index in [1.165, 1.54) is 19.3 Å². The summed E-state index contributed by atoms with van der Waals surface area (Å²) in [5, 5.41) is 0. The Balaban J connectivity index is 1.67. The molecule has 0 atom stereocenters. The fourth-order valence-corrected chi connectivity index (χ4v) is 3.28. The van der Waals surface area contributed by atoms with E-state index in [-0.39, 0.29) is 5.91 Å². The van der Waals surface area contributed by atoms with Gasteiger partial charge in [0.2, 0.25) is 5.91 Å². The highest BCUT2D eigenvalue weighted by atomic mass is 16.4. The minimum atomic E-state index is -0.394. The molecule has 0 unspecified atom stereocenters. The highest BCUT2D eigenvalue weighted by Crippen LogP contribution is 2.22. The van der Waals surface area contributed by atoms with E-state index in [0.29, 0.717) is 24.6 Å². The van der Waals surface area contributed by atoms with Gasteiger partial charge in [-0.05, 0) is 25.0 Å². The van der Waals surface area contributed by atoms with Gasteiger partial charge in [0, 0.05) is 26.1 Å². The molecule has 1 saturated carbocycles. The molecule has 1 aliphatic carbocycles. The number of carbonyl (C=O) groups excluding carboxylic acids is 1. The van der Waals surface area contributed by atoms with E-state index in [9.17, 15) is 9.59 Å². The Morgan fingerprint density at radius 2 is 2.00 bits per heavy atom. The monoisotopic (exact) mass is 302 g/mol. The molecule has 5 heteroatoms. The van der Waals surface area contributed by atoms with E-state index in [0.717, 1.165) is 18.4 Å². The molecule has 3 rings (SSSR count). The summed E-state index contributed by atoms with van der Waals surface area (Å²) in [6.07, 6.45) is 6.20. The first-order valence-corrected chi connectivity index (χ1v) is 8.01. The molecular formula is C17H22N2O3. The fourth-order valence-electron chi connectivity index (χ4n) is 3.28. The van der Waals surface area contributed by atoms with Gasteiger partial charge in [0.15, 0.2) is 5.58 Å². The van der Waals surface area contributed by atoms with Crippen molar-refractivity contribution in [2.75, 3.05) is 7.05 Å². The van der Waals surface area contributed by atoms with Crippen LogP contribution in [0.25, 0.3) is 11.1 Å². The van der Waals surface area contributed by atoms with Crippen LogP contribution >= 0.6 is 0 Å². The van der Waals surface area contributed by atoms with Crippen LogP contribution in [0, 0.1) is 0 Å². The van der Waals surface area contributed by atoms with E-state index < -0.39 is 5.76 Å². The summed E-state index contributed by atoms with van der Waals surface area (Å²) in [5.74, 6) is -0.293. The van der Waals surface area contributed by atoms with Gasteiger partial charge in [-0.25, -0.2) is 4.79 Å². The maximum Gasteiger partial charge on any atom is 0.419 e. The van der Waals surface area contributed by atoms with Gasteiger partial charge in [0.25, 0.3) is 0 Å². The SMILES string of the molecule is CN(C(=O)CCn1c(=O)oc2ccccc21)C1CCCCC1. The summed E-state index contributed by atoms with van der Waals surface area (Å²) in [6, 6.07) is 7.67. The number of oxazole rings is 1. The maximum absolute atomic E-state index is 12.4. The molecule has 5 nitrogen and oxygen atoms in total. The van der Waals surface area contributed by atoms with Crippen molar-refractivity contribution in [3.05, 3.63) is 34.8 Å². The van der Waals surface area contributed by atoms with Crippen LogP contribution < -0.4 is 5.76 Å². The molecule has 1 aromatic carbocycles. The minimum Gasteiger partial charge on any atom is -0.408 e. The molecule has 1 aromatic heterocycles.